The predicted molar refractivity (Wildman–Crippen MR) is 156 cm³/mol. The lowest BCUT2D eigenvalue weighted by molar-refractivity contribution is 0.0689. The number of hydrogen-bond donors (Lipinski definition) is 1. The highest BCUT2D eigenvalue weighted by atomic mass is 19.1. The summed E-state index contributed by atoms with van der Waals surface area (Å²) in [6, 6.07) is 18.2. The first kappa shape index (κ1) is 29.2. The highest BCUT2D eigenvalue weighted by Gasteiger charge is 2.25. The van der Waals surface area contributed by atoms with E-state index in [-0.39, 0.29) is 29.4 Å². The Labute approximate surface area is 246 Å². The second kappa shape index (κ2) is 13.6. The van der Waals surface area contributed by atoms with Crippen molar-refractivity contribution in [2.75, 3.05) is 33.3 Å². The number of pyridine rings is 1. The van der Waals surface area contributed by atoms with Crippen molar-refractivity contribution in [2.24, 2.45) is 5.92 Å². The van der Waals surface area contributed by atoms with Crippen LogP contribution < -0.4 is 10.1 Å². The number of nitrogens with zero attached hydrogens (tertiary/aromatic N) is 4. The molecule has 0 saturated carbocycles. The van der Waals surface area contributed by atoms with Crippen molar-refractivity contribution in [1.82, 2.24) is 20.1 Å². The maximum Gasteiger partial charge on any atom is 0.270 e. The lowest BCUT2D eigenvalue weighted by Gasteiger charge is -2.32. The van der Waals surface area contributed by atoms with Gasteiger partial charge in [0.2, 0.25) is 0 Å². The molecule has 0 spiro atoms. The largest absolute Gasteiger partial charge is 0.494 e. The Balaban J connectivity index is 1.05. The number of benzene rings is 2. The van der Waals surface area contributed by atoms with Gasteiger partial charge in [0.25, 0.3) is 11.8 Å². The van der Waals surface area contributed by atoms with Gasteiger partial charge in [-0.25, -0.2) is 4.39 Å². The molecule has 42 heavy (non-hydrogen) atoms. The van der Waals surface area contributed by atoms with Crippen LogP contribution in [0.25, 0.3) is 0 Å². The number of nitriles is 1. The molecule has 2 fully saturated rings. The Bertz CT molecular complexity index is 1420. The monoisotopic (exact) mass is 569 g/mol. The molecular formula is C33H36FN5O3. The number of hydrogen-bond acceptors (Lipinski definition) is 6. The quantitative estimate of drug-likeness (QED) is 0.426. The Kier molecular flexibility index (Phi) is 9.45. The van der Waals surface area contributed by atoms with Crippen LogP contribution in [0.1, 0.15) is 63.2 Å². The number of amides is 2. The summed E-state index contributed by atoms with van der Waals surface area (Å²) in [6.45, 7) is 3.84. The maximum absolute atomic E-state index is 14.0. The standard InChI is InChI=1S/C33H36FN5O3/c1-42-31-9-6-26(19-29(31)34)18-23-10-16-39(17-11-23)33(41)27-7-8-30(36-21-27)32(40)37-28-12-14-38(15-13-28)22-25-4-2-24(20-35)3-5-25/h2-9,19,21,23,28H,10-18,22H2,1H3,(H,37,40). The first-order valence-corrected chi connectivity index (χ1v) is 14.5. The Hall–Kier alpha value is -4.29. The van der Waals surface area contributed by atoms with Gasteiger partial charge in [0.05, 0.1) is 24.3 Å². The van der Waals surface area contributed by atoms with Crippen LogP contribution in [-0.2, 0) is 13.0 Å². The smallest absolute Gasteiger partial charge is 0.270 e. The van der Waals surface area contributed by atoms with E-state index >= 15 is 0 Å². The van der Waals surface area contributed by atoms with E-state index in [1.165, 1.54) is 24.9 Å². The van der Waals surface area contributed by atoms with Crippen LogP contribution in [-0.4, -0.2) is 65.9 Å². The van der Waals surface area contributed by atoms with Gasteiger partial charge < -0.3 is 15.0 Å². The second-order valence-electron chi connectivity index (χ2n) is 11.2. The fourth-order valence-corrected chi connectivity index (χ4v) is 5.79. The van der Waals surface area contributed by atoms with Crippen molar-refractivity contribution in [2.45, 2.75) is 44.7 Å². The van der Waals surface area contributed by atoms with E-state index in [4.69, 9.17) is 10.00 Å². The maximum atomic E-state index is 14.0. The number of methoxy groups -OCH3 is 1. The molecule has 1 aromatic heterocycles. The molecule has 218 valence electrons. The van der Waals surface area contributed by atoms with Gasteiger partial charge in [-0.3, -0.25) is 19.5 Å². The fourth-order valence-electron chi connectivity index (χ4n) is 5.79. The third-order valence-electron chi connectivity index (χ3n) is 8.30. The van der Waals surface area contributed by atoms with Crippen LogP contribution in [0.5, 0.6) is 5.75 Å². The Morgan fingerprint density at radius 2 is 1.71 bits per heavy atom. The van der Waals surface area contributed by atoms with Crippen LogP contribution in [0.15, 0.2) is 60.8 Å². The topological polar surface area (TPSA) is 98.6 Å². The average molecular weight is 570 g/mol. The molecule has 0 atom stereocenters. The molecule has 2 aliphatic heterocycles. The number of aromatic nitrogens is 1. The van der Waals surface area contributed by atoms with E-state index in [0.717, 1.165) is 57.3 Å². The molecule has 2 aromatic carbocycles. The summed E-state index contributed by atoms with van der Waals surface area (Å²) in [6.07, 6.45) is 5.65. The van der Waals surface area contributed by atoms with Gasteiger partial charge in [-0.05, 0) is 85.5 Å². The van der Waals surface area contributed by atoms with E-state index in [9.17, 15) is 14.0 Å². The number of likely N-dealkylation sites (tertiary alicyclic amines) is 2. The highest BCUT2D eigenvalue weighted by molar-refractivity contribution is 5.96. The van der Waals surface area contributed by atoms with Gasteiger partial charge in [0.1, 0.15) is 5.69 Å². The van der Waals surface area contributed by atoms with Gasteiger partial charge in [0, 0.05) is 45.0 Å². The van der Waals surface area contributed by atoms with Crippen molar-refractivity contribution in [3.8, 4) is 11.8 Å². The predicted octanol–water partition coefficient (Wildman–Crippen LogP) is 4.59. The van der Waals surface area contributed by atoms with Crippen molar-refractivity contribution >= 4 is 11.8 Å². The molecule has 2 aliphatic rings. The van der Waals surface area contributed by atoms with Crippen molar-refractivity contribution in [3.05, 3.63) is 94.6 Å². The number of rotatable bonds is 8. The Morgan fingerprint density at radius 3 is 2.33 bits per heavy atom. The third kappa shape index (κ3) is 7.31. The zero-order valence-corrected chi connectivity index (χ0v) is 23.9. The third-order valence-corrected chi connectivity index (χ3v) is 8.30. The minimum Gasteiger partial charge on any atom is -0.494 e. The zero-order chi connectivity index (χ0) is 29.5. The van der Waals surface area contributed by atoms with Crippen LogP contribution in [0.3, 0.4) is 0 Å². The highest BCUT2D eigenvalue weighted by Crippen LogP contribution is 2.25. The van der Waals surface area contributed by atoms with E-state index in [2.05, 4.69) is 21.3 Å². The molecule has 1 N–H and O–H groups in total. The number of ether oxygens (including phenoxy) is 1. The second-order valence-corrected chi connectivity index (χ2v) is 11.2. The lowest BCUT2D eigenvalue weighted by atomic mass is 9.90. The summed E-state index contributed by atoms with van der Waals surface area (Å²) in [5, 5.41) is 12.1. The molecule has 0 aliphatic carbocycles. The molecule has 9 heteroatoms. The van der Waals surface area contributed by atoms with Crippen LogP contribution >= 0.6 is 0 Å². The molecule has 8 nitrogen and oxygen atoms in total. The minimum atomic E-state index is -0.353. The normalized spacial score (nSPS) is 16.5. The lowest BCUT2D eigenvalue weighted by Crippen LogP contribution is -2.44. The number of carbonyl (C=O) groups excluding carboxylic acids is 2. The SMILES string of the molecule is COc1ccc(CC2CCN(C(=O)c3ccc(C(=O)NC4CCN(Cc5ccc(C#N)cc5)CC4)nc3)CC2)cc1F. The summed E-state index contributed by atoms with van der Waals surface area (Å²) in [5.74, 6) is -0.0371. The first-order valence-electron chi connectivity index (χ1n) is 14.5. The van der Waals surface area contributed by atoms with Gasteiger partial charge in [0.15, 0.2) is 11.6 Å². The van der Waals surface area contributed by atoms with Gasteiger partial charge in [-0.15, -0.1) is 0 Å². The molecule has 2 amide bonds. The number of carbonyl (C=O) groups is 2. The van der Waals surface area contributed by atoms with Crippen LogP contribution in [0.2, 0.25) is 0 Å². The summed E-state index contributed by atoms with van der Waals surface area (Å²) in [4.78, 5) is 34.4. The van der Waals surface area contributed by atoms with Gasteiger partial charge in [-0.2, -0.15) is 5.26 Å². The van der Waals surface area contributed by atoms with E-state index in [1.807, 2.05) is 35.2 Å². The van der Waals surface area contributed by atoms with Crippen molar-refractivity contribution in [3.63, 3.8) is 0 Å². The van der Waals surface area contributed by atoms with Crippen molar-refractivity contribution < 1.29 is 18.7 Å². The Morgan fingerprint density at radius 1 is 1.00 bits per heavy atom. The summed E-state index contributed by atoms with van der Waals surface area (Å²) in [7, 11) is 1.45. The first-order chi connectivity index (χ1) is 20.4. The van der Waals surface area contributed by atoms with E-state index in [0.29, 0.717) is 35.8 Å². The molecule has 2 saturated heterocycles. The fraction of sp³-hybridized carbons (Fsp3) is 0.394. The molecule has 3 aromatic rings. The summed E-state index contributed by atoms with van der Waals surface area (Å²) in [5.41, 5.74) is 3.54. The van der Waals surface area contributed by atoms with Crippen LogP contribution in [0, 0.1) is 23.1 Å². The molecular weight excluding hydrogens is 533 g/mol. The number of piperidine rings is 2. The summed E-state index contributed by atoms with van der Waals surface area (Å²) >= 11 is 0. The van der Waals surface area contributed by atoms with Gasteiger partial charge >= 0.3 is 0 Å². The van der Waals surface area contributed by atoms with E-state index in [1.54, 1.807) is 18.2 Å². The molecule has 0 radical (unpaired) electrons. The van der Waals surface area contributed by atoms with Crippen LogP contribution in [0.4, 0.5) is 4.39 Å². The molecule has 0 bridgehead atoms. The van der Waals surface area contributed by atoms with Gasteiger partial charge in [-0.1, -0.05) is 18.2 Å². The molecule has 3 heterocycles. The zero-order valence-electron chi connectivity index (χ0n) is 23.9. The minimum absolute atomic E-state index is 0.0773. The molecule has 0 unspecified atom stereocenters. The average Bonchev–Trinajstić information content (AvgIpc) is 3.02. The number of nitrogens with one attached hydrogen (secondary N) is 1. The number of halogens is 1. The van der Waals surface area contributed by atoms with Crippen molar-refractivity contribution in [1.29, 1.82) is 5.26 Å². The summed E-state index contributed by atoms with van der Waals surface area (Å²) < 4.78 is 19.0. The molecule has 5 rings (SSSR count). The van der Waals surface area contributed by atoms with E-state index < -0.39 is 0 Å².